The SMILES string of the molecule is COc1cccc(N2C[C@H](NC(=O)c3ccccc3C(F)(F)F)CC2=O)c1. The standard InChI is InChI=1S/C19H17F3N2O3/c1-27-14-6-4-5-13(10-14)24-11-12(9-17(24)25)23-18(26)15-7-2-3-8-16(15)19(20,21)22/h2-8,10,12H,9,11H2,1H3,(H,23,26)/t12-/m1/s1. The summed E-state index contributed by atoms with van der Waals surface area (Å²) >= 11 is 0. The number of hydrogen-bond acceptors (Lipinski definition) is 3. The van der Waals surface area contributed by atoms with Crippen molar-refractivity contribution in [1.29, 1.82) is 0 Å². The van der Waals surface area contributed by atoms with Crippen molar-refractivity contribution < 1.29 is 27.5 Å². The summed E-state index contributed by atoms with van der Waals surface area (Å²) in [6.07, 6.45) is -4.62. The van der Waals surface area contributed by atoms with Crippen LogP contribution in [0.25, 0.3) is 0 Å². The molecule has 1 aliphatic rings. The molecule has 0 radical (unpaired) electrons. The van der Waals surface area contributed by atoms with E-state index < -0.39 is 29.3 Å². The fourth-order valence-electron chi connectivity index (χ4n) is 3.02. The number of nitrogens with one attached hydrogen (secondary N) is 1. The molecule has 142 valence electrons. The molecule has 2 aromatic rings. The molecule has 0 spiro atoms. The van der Waals surface area contributed by atoms with Crippen LogP contribution in [0.2, 0.25) is 0 Å². The average molecular weight is 378 g/mol. The molecule has 1 atom stereocenters. The second kappa shape index (κ2) is 7.30. The topological polar surface area (TPSA) is 58.6 Å². The Kier molecular flexibility index (Phi) is 5.07. The molecule has 1 fully saturated rings. The number of alkyl halides is 3. The van der Waals surface area contributed by atoms with E-state index in [0.717, 1.165) is 12.1 Å². The molecule has 0 aromatic heterocycles. The predicted molar refractivity (Wildman–Crippen MR) is 92.7 cm³/mol. The third-order valence-corrected chi connectivity index (χ3v) is 4.30. The van der Waals surface area contributed by atoms with Gasteiger partial charge in [-0.2, -0.15) is 13.2 Å². The molecular formula is C19H17F3N2O3. The van der Waals surface area contributed by atoms with Crippen LogP contribution in [0.1, 0.15) is 22.3 Å². The summed E-state index contributed by atoms with van der Waals surface area (Å²) in [5.41, 5.74) is -0.861. The summed E-state index contributed by atoms with van der Waals surface area (Å²) in [5, 5.41) is 2.53. The molecule has 2 amide bonds. The van der Waals surface area contributed by atoms with Crippen molar-refractivity contribution >= 4 is 17.5 Å². The molecule has 0 saturated carbocycles. The van der Waals surface area contributed by atoms with Gasteiger partial charge >= 0.3 is 6.18 Å². The van der Waals surface area contributed by atoms with Crippen molar-refractivity contribution in [3.8, 4) is 5.75 Å². The first-order valence-electron chi connectivity index (χ1n) is 8.21. The fourth-order valence-corrected chi connectivity index (χ4v) is 3.02. The molecule has 0 unspecified atom stereocenters. The number of nitrogens with zero attached hydrogens (tertiary/aromatic N) is 1. The quantitative estimate of drug-likeness (QED) is 0.889. The van der Waals surface area contributed by atoms with Gasteiger partial charge in [-0.1, -0.05) is 18.2 Å². The summed E-state index contributed by atoms with van der Waals surface area (Å²) in [4.78, 5) is 26.1. The molecule has 2 aromatic carbocycles. The maximum absolute atomic E-state index is 13.1. The van der Waals surface area contributed by atoms with E-state index in [1.807, 2.05) is 0 Å². The highest BCUT2D eigenvalue weighted by Gasteiger charge is 2.37. The van der Waals surface area contributed by atoms with E-state index in [2.05, 4.69) is 5.32 Å². The summed E-state index contributed by atoms with van der Waals surface area (Å²) in [7, 11) is 1.51. The van der Waals surface area contributed by atoms with Gasteiger partial charge < -0.3 is 15.0 Å². The van der Waals surface area contributed by atoms with Gasteiger partial charge in [0.2, 0.25) is 5.91 Å². The molecule has 0 bridgehead atoms. The first-order valence-corrected chi connectivity index (χ1v) is 8.21. The van der Waals surface area contributed by atoms with Gasteiger partial charge in [-0.25, -0.2) is 0 Å². The van der Waals surface area contributed by atoms with E-state index >= 15 is 0 Å². The Hall–Kier alpha value is -3.03. The van der Waals surface area contributed by atoms with Gasteiger partial charge in [0.25, 0.3) is 5.91 Å². The number of halogens is 3. The molecular weight excluding hydrogens is 361 g/mol. The first-order chi connectivity index (χ1) is 12.8. The highest BCUT2D eigenvalue weighted by molar-refractivity contribution is 5.99. The molecule has 1 N–H and O–H groups in total. The lowest BCUT2D eigenvalue weighted by Crippen LogP contribution is -2.38. The van der Waals surface area contributed by atoms with Gasteiger partial charge in [0.15, 0.2) is 0 Å². The molecule has 3 rings (SSSR count). The van der Waals surface area contributed by atoms with Crippen molar-refractivity contribution in [2.45, 2.75) is 18.6 Å². The molecule has 0 aliphatic carbocycles. The second-order valence-electron chi connectivity index (χ2n) is 6.12. The number of hydrogen-bond donors (Lipinski definition) is 1. The number of carbonyl (C=O) groups excluding carboxylic acids is 2. The Labute approximate surface area is 153 Å². The van der Waals surface area contributed by atoms with Crippen LogP contribution in [-0.4, -0.2) is 31.5 Å². The van der Waals surface area contributed by atoms with Crippen molar-refractivity contribution in [1.82, 2.24) is 5.32 Å². The van der Waals surface area contributed by atoms with Crippen LogP contribution in [0.3, 0.4) is 0 Å². The highest BCUT2D eigenvalue weighted by atomic mass is 19.4. The molecule has 1 saturated heterocycles. The number of benzene rings is 2. The molecule has 5 nitrogen and oxygen atoms in total. The number of anilines is 1. The van der Waals surface area contributed by atoms with Crippen LogP contribution >= 0.6 is 0 Å². The maximum Gasteiger partial charge on any atom is 0.417 e. The van der Waals surface area contributed by atoms with Crippen LogP contribution in [0.15, 0.2) is 48.5 Å². The summed E-state index contributed by atoms with van der Waals surface area (Å²) in [6.45, 7) is 0.173. The van der Waals surface area contributed by atoms with Crippen LogP contribution in [0, 0.1) is 0 Å². The number of rotatable bonds is 4. The van der Waals surface area contributed by atoms with E-state index in [4.69, 9.17) is 4.74 Å². The van der Waals surface area contributed by atoms with E-state index in [0.29, 0.717) is 11.4 Å². The van der Waals surface area contributed by atoms with Gasteiger partial charge in [-0.15, -0.1) is 0 Å². The van der Waals surface area contributed by atoms with Crippen LogP contribution in [0.5, 0.6) is 5.75 Å². The average Bonchev–Trinajstić information content (AvgIpc) is 3.01. The lowest BCUT2D eigenvalue weighted by Gasteiger charge is -2.18. The highest BCUT2D eigenvalue weighted by Crippen LogP contribution is 2.32. The second-order valence-corrected chi connectivity index (χ2v) is 6.12. The Balaban J connectivity index is 1.74. The Morgan fingerprint density at radius 1 is 1.19 bits per heavy atom. The minimum atomic E-state index is -4.63. The van der Waals surface area contributed by atoms with Crippen LogP contribution in [0.4, 0.5) is 18.9 Å². The smallest absolute Gasteiger partial charge is 0.417 e. The fraction of sp³-hybridized carbons (Fsp3) is 0.263. The minimum absolute atomic E-state index is 0.0110. The van der Waals surface area contributed by atoms with Gasteiger partial charge in [-0.3, -0.25) is 9.59 Å². The zero-order valence-electron chi connectivity index (χ0n) is 14.4. The first kappa shape index (κ1) is 18.8. The predicted octanol–water partition coefficient (Wildman–Crippen LogP) is 3.25. The van der Waals surface area contributed by atoms with Crippen molar-refractivity contribution in [3.63, 3.8) is 0 Å². The van der Waals surface area contributed by atoms with Crippen molar-refractivity contribution in [2.24, 2.45) is 0 Å². The van der Waals surface area contributed by atoms with Gasteiger partial charge in [0.1, 0.15) is 5.75 Å². The monoisotopic (exact) mass is 378 g/mol. The van der Waals surface area contributed by atoms with Crippen molar-refractivity contribution in [2.75, 3.05) is 18.6 Å². The minimum Gasteiger partial charge on any atom is -0.497 e. The van der Waals surface area contributed by atoms with Crippen LogP contribution < -0.4 is 15.0 Å². The molecule has 1 heterocycles. The number of ether oxygens (including phenoxy) is 1. The van der Waals surface area contributed by atoms with Crippen LogP contribution in [-0.2, 0) is 11.0 Å². The van der Waals surface area contributed by atoms with Gasteiger partial charge in [0, 0.05) is 24.7 Å². The zero-order chi connectivity index (χ0) is 19.6. The summed E-state index contributed by atoms with van der Waals surface area (Å²) < 4.78 is 44.4. The number of amides is 2. The summed E-state index contributed by atoms with van der Waals surface area (Å²) in [5.74, 6) is -0.502. The number of carbonyl (C=O) groups is 2. The Morgan fingerprint density at radius 2 is 1.93 bits per heavy atom. The van der Waals surface area contributed by atoms with E-state index in [9.17, 15) is 22.8 Å². The number of methoxy groups -OCH3 is 1. The molecule has 1 aliphatic heterocycles. The summed E-state index contributed by atoms with van der Waals surface area (Å²) in [6, 6.07) is 10.9. The normalized spacial score (nSPS) is 17.1. The Bertz CT molecular complexity index is 867. The largest absolute Gasteiger partial charge is 0.497 e. The van der Waals surface area contributed by atoms with Crippen molar-refractivity contribution in [3.05, 3.63) is 59.7 Å². The van der Waals surface area contributed by atoms with E-state index in [-0.39, 0.29) is 18.9 Å². The van der Waals surface area contributed by atoms with E-state index in [1.54, 1.807) is 24.3 Å². The lowest BCUT2D eigenvalue weighted by atomic mass is 10.1. The van der Waals surface area contributed by atoms with E-state index in [1.165, 1.54) is 24.1 Å². The lowest BCUT2D eigenvalue weighted by molar-refractivity contribution is -0.138. The molecule has 8 heteroatoms. The Morgan fingerprint density at radius 3 is 2.63 bits per heavy atom. The zero-order valence-corrected chi connectivity index (χ0v) is 14.4. The maximum atomic E-state index is 13.1. The van der Waals surface area contributed by atoms with Gasteiger partial charge in [-0.05, 0) is 24.3 Å². The third kappa shape index (κ3) is 4.05. The third-order valence-electron chi connectivity index (χ3n) is 4.30. The molecule has 27 heavy (non-hydrogen) atoms. The van der Waals surface area contributed by atoms with Gasteiger partial charge in [0.05, 0.1) is 24.3 Å².